The van der Waals surface area contributed by atoms with Crippen molar-refractivity contribution in [1.29, 1.82) is 0 Å². The predicted molar refractivity (Wildman–Crippen MR) is 73.6 cm³/mol. The smallest absolute Gasteiger partial charge is 0.161 e. The Bertz CT molecular complexity index is 391. The molecule has 0 spiro atoms. The quantitative estimate of drug-likeness (QED) is 0.531. The minimum Gasteiger partial charge on any atom is -0.390 e. The zero-order valence-corrected chi connectivity index (χ0v) is 11.9. The Balaban J connectivity index is 2.79. The number of ketones is 1. The molecule has 0 radical (unpaired) electrons. The monoisotopic (exact) mass is 268 g/mol. The average molecular weight is 268 g/mol. The van der Waals surface area contributed by atoms with Crippen molar-refractivity contribution in [2.45, 2.75) is 57.8 Å². The van der Waals surface area contributed by atoms with E-state index in [0.29, 0.717) is 12.8 Å². The minimum atomic E-state index is -1.28. The maximum Gasteiger partial charge on any atom is 0.161 e. The maximum absolute atomic E-state index is 11.7. The van der Waals surface area contributed by atoms with Crippen LogP contribution >= 0.6 is 0 Å². The van der Waals surface area contributed by atoms with E-state index in [1.807, 2.05) is 19.9 Å². The summed E-state index contributed by atoms with van der Waals surface area (Å²) in [5.74, 6) is -0.948. The summed E-state index contributed by atoms with van der Waals surface area (Å²) in [5.41, 5.74) is -0.00349. The molecule has 0 saturated heterocycles. The van der Waals surface area contributed by atoms with Crippen molar-refractivity contribution in [2.24, 2.45) is 5.92 Å². The van der Waals surface area contributed by atoms with Crippen molar-refractivity contribution < 1.29 is 20.1 Å². The van der Waals surface area contributed by atoms with Crippen LogP contribution < -0.4 is 0 Å². The molecule has 0 aromatic carbocycles. The molecule has 1 fully saturated rings. The lowest BCUT2D eigenvalue weighted by Gasteiger charge is -2.41. The molecule has 0 bridgehead atoms. The molecule has 3 N–H and O–H groups in total. The van der Waals surface area contributed by atoms with E-state index in [0.717, 1.165) is 5.57 Å². The van der Waals surface area contributed by atoms with Gasteiger partial charge in [0.2, 0.25) is 0 Å². The Morgan fingerprint density at radius 1 is 1.47 bits per heavy atom. The summed E-state index contributed by atoms with van der Waals surface area (Å²) in [6.07, 6.45) is 0.712. The van der Waals surface area contributed by atoms with Crippen LogP contribution in [0.3, 0.4) is 0 Å². The van der Waals surface area contributed by atoms with Gasteiger partial charge in [-0.15, -0.1) is 0 Å². The Labute approximate surface area is 114 Å². The van der Waals surface area contributed by atoms with Gasteiger partial charge < -0.3 is 15.3 Å². The minimum absolute atomic E-state index is 0.0267. The van der Waals surface area contributed by atoms with Gasteiger partial charge in [-0.3, -0.25) is 4.79 Å². The van der Waals surface area contributed by atoms with Crippen LogP contribution in [0.25, 0.3) is 0 Å². The normalized spacial score (nSPS) is 30.9. The average Bonchev–Trinajstić information content (AvgIpc) is 2.30. The van der Waals surface area contributed by atoms with Crippen molar-refractivity contribution in [3.63, 3.8) is 0 Å². The SMILES string of the molecule is C=C1C(=O)C[C@@H](C(C)(O)CCC=C(C)C)[C@H](O)[C@H]1O. The summed E-state index contributed by atoms with van der Waals surface area (Å²) >= 11 is 0. The van der Waals surface area contributed by atoms with Gasteiger partial charge in [0.1, 0.15) is 6.10 Å². The lowest BCUT2D eigenvalue weighted by Crippen LogP contribution is -2.52. The molecule has 1 aliphatic rings. The number of carbonyl (C=O) groups excluding carboxylic acids is 1. The summed E-state index contributed by atoms with van der Waals surface area (Å²) < 4.78 is 0. The molecule has 19 heavy (non-hydrogen) atoms. The van der Waals surface area contributed by atoms with E-state index in [9.17, 15) is 20.1 Å². The summed E-state index contributed by atoms with van der Waals surface area (Å²) in [6, 6.07) is 0. The van der Waals surface area contributed by atoms with E-state index in [1.165, 1.54) is 0 Å². The third-order valence-electron chi connectivity index (χ3n) is 3.86. The number of rotatable bonds is 4. The van der Waals surface area contributed by atoms with E-state index in [-0.39, 0.29) is 17.8 Å². The topological polar surface area (TPSA) is 77.8 Å². The second kappa shape index (κ2) is 5.99. The van der Waals surface area contributed by atoms with Crippen LogP contribution in [0.1, 0.15) is 40.0 Å². The summed E-state index contributed by atoms with van der Waals surface area (Å²) in [5, 5.41) is 30.3. The van der Waals surface area contributed by atoms with Gasteiger partial charge in [0.15, 0.2) is 5.78 Å². The number of hydrogen-bond donors (Lipinski definition) is 3. The van der Waals surface area contributed by atoms with E-state index in [4.69, 9.17) is 0 Å². The number of aliphatic hydroxyl groups is 3. The van der Waals surface area contributed by atoms with Crippen LogP contribution in [0, 0.1) is 5.92 Å². The maximum atomic E-state index is 11.7. The summed E-state index contributed by atoms with van der Waals surface area (Å²) in [4.78, 5) is 11.7. The third-order valence-corrected chi connectivity index (χ3v) is 3.86. The molecule has 1 saturated carbocycles. The molecule has 0 amide bonds. The Morgan fingerprint density at radius 2 is 2.05 bits per heavy atom. The van der Waals surface area contributed by atoms with Gasteiger partial charge in [-0.1, -0.05) is 18.2 Å². The highest BCUT2D eigenvalue weighted by Gasteiger charge is 2.46. The molecule has 4 nitrogen and oxygen atoms in total. The largest absolute Gasteiger partial charge is 0.390 e. The first-order valence-corrected chi connectivity index (χ1v) is 6.60. The predicted octanol–water partition coefficient (Wildman–Crippen LogP) is 1.35. The van der Waals surface area contributed by atoms with Crippen LogP contribution in [0.5, 0.6) is 0 Å². The molecule has 0 heterocycles. The van der Waals surface area contributed by atoms with Gasteiger partial charge >= 0.3 is 0 Å². The van der Waals surface area contributed by atoms with Gasteiger partial charge in [0.25, 0.3) is 0 Å². The molecular formula is C15H24O4. The Hall–Kier alpha value is -0.970. The molecule has 0 aliphatic heterocycles. The second-order valence-electron chi connectivity index (χ2n) is 5.87. The van der Waals surface area contributed by atoms with E-state index in [2.05, 4.69) is 6.58 Å². The van der Waals surface area contributed by atoms with Crippen molar-refractivity contribution in [3.05, 3.63) is 23.8 Å². The fourth-order valence-electron chi connectivity index (χ4n) is 2.47. The Kier molecular flexibility index (Phi) is 5.07. The zero-order valence-electron chi connectivity index (χ0n) is 11.9. The molecule has 108 valence electrons. The van der Waals surface area contributed by atoms with Crippen molar-refractivity contribution in [3.8, 4) is 0 Å². The molecule has 0 aromatic rings. The number of hydrogen-bond acceptors (Lipinski definition) is 4. The van der Waals surface area contributed by atoms with Gasteiger partial charge in [-0.2, -0.15) is 0 Å². The van der Waals surface area contributed by atoms with E-state index in [1.54, 1.807) is 6.92 Å². The van der Waals surface area contributed by atoms with Crippen LogP contribution in [-0.4, -0.2) is 38.9 Å². The van der Waals surface area contributed by atoms with Crippen LogP contribution in [-0.2, 0) is 4.79 Å². The molecule has 1 unspecified atom stereocenters. The van der Waals surface area contributed by atoms with Crippen LogP contribution in [0.15, 0.2) is 23.8 Å². The summed E-state index contributed by atoms with van der Waals surface area (Å²) in [6.45, 7) is 9.03. The zero-order chi connectivity index (χ0) is 14.8. The standard InChI is InChI=1S/C15H24O4/c1-9(2)6-5-7-15(4,19)11-8-12(16)10(3)13(17)14(11)18/h6,11,13-14,17-19H,3,5,7-8H2,1-2,4H3/t11-,13+,14+,15?/m1/s1. The van der Waals surface area contributed by atoms with E-state index >= 15 is 0 Å². The molecule has 4 atom stereocenters. The third kappa shape index (κ3) is 3.75. The van der Waals surface area contributed by atoms with Crippen LogP contribution in [0.4, 0.5) is 0 Å². The number of Topliss-reactive ketones (excluding diaryl/α,β-unsaturated/α-hetero) is 1. The fourth-order valence-corrected chi connectivity index (χ4v) is 2.47. The molecule has 0 aromatic heterocycles. The Morgan fingerprint density at radius 3 is 2.58 bits per heavy atom. The van der Waals surface area contributed by atoms with Crippen LogP contribution in [0.2, 0.25) is 0 Å². The number of carbonyl (C=O) groups is 1. The van der Waals surface area contributed by atoms with E-state index < -0.39 is 23.7 Å². The van der Waals surface area contributed by atoms with Gasteiger partial charge in [0.05, 0.1) is 11.7 Å². The lowest BCUT2D eigenvalue weighted by atomic mass is 9.71. The highest BCUT2D eigenvalue weighted by Crippen LogP contribution is 2.36. The van der Waals surface area contributed by atoms with Gasteiger partial charge in [-0.25, -0.2) is 0 Å². The highest BCUT2D eigenvalue weighted by molar-refractivity contribution is 5.97. The van der Waals surface area contributed by atoms with Crippen molar-refractivity contribution in [1.82, 2.24) is 0 Å². The number of allylic oxidation sites excluding steroid dienone is 2. The van der Waals surface area contributed by atoms with Crippen molar-refractivity contribution in [2.75, 3.05) is 0 Å². The first kappa shape index (κ1) is 16.1. The molecule has 4 heteroatoms. The van der Waals surface area contributed by atoms with Gasteiger partial charge in [0, 0.05) is 17.9 Å². The molecular weight excluding hydrogens is 244 g/mol. The molecule has 1 aliphatic carbocycles. The van der Waals surface area contributed by atoms with Crippen molar-refractivity contribution >= 4 is 5.78 Å². The first-order valence-electron chi connectivity index (χ1n) is 6.60. The fraction of sp³-hybridized carbons (Fsp3) is 0.667. The first-order chi connectivity index (χ1) is 8.66. The highest BCUT2D eigenvalue weighted by atomic mass is 16.3. The summed E-state index contributed by atoms with van der Waals surface area (Å²) in [7, 11) is 0. The second-order valence-corrected chi connectivity index (χ2v) is 5.87. The molecule has 1 rings (SSSR count). The number of aliphatic hydroxyl groups excluding tert-OH is 2. The van der Waals surface area contributed by atoms with Gasteiger partial charge in [-0.05, 0) is 33.6 Å². The lowest BCUT2D eigenvalue weighted by molar-refractivity contribution is -0.139.